The summed E-state index contributed by atoms with van der Waals surface area (Å²) in [6, 6.07) is 4.40. The third-order valence-electron chi connectivity index (χ3n) is 4.78. The van der Waals surface area contributed by atoms with Crippen molar-refractivity contribution in [3.05, 3.63) is 53.0 Å². The molecule has 0 spiro atoms. The van der Waals surface area contributed by atoms with Gasteiger partial charge in [-0.2, -0.15) is 0 Å². The maximum Gasteiger partial charge on any atom is 0.253 e. The van der Waals surface area contributed by atoms with Crippen LogP contribution in [0.25, 0.3) is 11.9 Å². The molecule has 0 radical (unpaired) electrons. The first-order valence-electron chi connectivity index (χ1n) is 8.98. The number of amides is 1. The van der Waals surface area contributed by atoms with E-state index in [1.165, 1.54) is 30.6 Å². The van der Waals surface area contributed by atoms with E-state index in [1.54, 1.807) is 13.0 Å². The Morgan fingerprint density at radius 1 is 1.26 bits per heavy atom. The van der Waals surface area contributed by atoms with Crippen LogP contribution < -0.4 is 11.1 Å². The predicted molar refractivity (Wildman–Crippen MR) is 102 cm³/mol. The van der Waals surface area contributed by atoms with Crippen LogP contribution in [0.4, 0.5) is 10.2 Å². The van der Waals surface area contributed by atoms with Crippen LogP contribution in [-0.4, -0.2) is 33.1 Å². The van der Waals surface area contributed by atoms with Crippen molar-refractivity contribution in [1.29, 1.82) is 0 Å². The summed E-state index contributed by atoms with van der Waals surface area (Å²) >= 11 is 0. The van der Waals surface area contributed by atoms with Gasteiger partial charge in [0.25, 0.3) is 5.91 Å². The van der Waals surface area contributed by atoms with Crippen molar-refractivity contribution in [2.24, 2.45) is 0 Å². The van der Waals surface area contributed by atoms with Gasteiger partial charge in [-0.05, 0) is 49.6 Å². The largest absolute Gasteiger partial charge is 0.391 e. The minimum Gasteiger partial charge on any atom is -0.391 e. The van der Waals surface area contributed by atoms with Gasteiger partial charge in [0.15, 0.2) is 0 Å². The number of aryl methyl sites for hydroxylation is 1. The lowest BCUT2D eigenvalue weighted by atomic mass is 9.92. The number of nitrogens with one attached hydrogen (secondary N) is 1. The molecule has 4 N–H and O–H groups in total. The number of hydrogen-bond acceptors (Lipinski definition) is 5. The zero-order chi connectivity index (χ0) is 19.4. The van der Waals surface area contributed by atoms with E-state index in [0.29, 0.717) is 34.6 Å². The highest BCUT2D eigenvalue weighted by molar-refractivity contribution is 5.95. The summed E-state index contributed by atoms with van der Waals surface area (Å²) in [5, 5.41) is 12.9. The molecule has 1 saturated carbocycles. The molecule has 0 aromatic carbocycles. The first-order valence-corrected chi connectivity index (χ1v) is 8.98. The summed E-state index contributed by atoms with van der Waals surface area (Å²) in [5.41, 5.74) is 7.24. The number of aromatic nitrogens is 2. The van der Waals surface area contributed by atoms with Crippen molar-refractivity contribution in [2.45, 2.75) is 44.8 Å². The Labute approximate surface area is 157 Å². The molecule has 2 atom stereocenters. The van der Waals surface area contributed by atoms with Crippen LogP contribution in [-0.2, 0) is 0 Å². The number of hydrogen-bond donors (Lipinski definition) is 3. The van der Waals surface area contributed by atoms with Gasteiger partial charge in [-0.25, -0.2) is 9.37 Å². The Hall–Kier alpha value is -2.80. The fourth-order valence-corrected chi connectivity index (χ4v) is 3.12. The number of carbonyl (C=O) groups excluding carboxylic acids is 1. The van der Waals surface area contributed by atoms with Crippen LogP contribution in [0.1, 0.15) is 52.9 Å². The molecule has 1 aliphatic rings. The molecule has 3 rings (SSSR count). The van der Waals surface area contributed by atoms with Gasteiger partial charge in [0.2, 0.25) is 0 Å². The smallest absolute Gasteiger partial charge is 0.253 e. The van der Waals surface area contributed by atoms with Gasteiger partial charge in [0, 0.05) is 23.7 Å². The molecule has 7 heteroatoms. The Morgan fingerprint density at radius 3 is 2.70 bits per heavy atom. The van der Waals surface area contributed by atoms with E-state index in [9.17, 15) is 14.3 Å². The molecule has 0 bridgehead atoms. The van der Waals surface area contributed by atoms with E-state index >= 15 is 0 Å². The van der Waals surface area contributed by atoms with E-state index in [0.717, 1.165) is 19.3 Å². The van der Waals surface area contributed by atoms with Crippen molar-refractivity contribution in [1.82, 2.24) is 15.3 Å². The van der Waals surface area contributed by atoms with E-state index in [4.69, 9.17) is 5.73 Å². The SMILES string of the molecule is Cc1ncc(C(=O)N[C@H]2CCCC[C@@H]2O)cc1/C=C(\F)c1ccc(N)nc1. The van der Waals surface area contributed by atoms with Gasteiger partial charge in [0.1, 0.15) is 11.6 Å². The van der Waals surface area contributed by atoms with Gasteiger partial charge in [-0.15, -0.1) is 0 Å². The van der Waals surface area contributed by atoms with E-state index in [-0.39, 0.29) is 11.9 Å². The fourth-order valence-electron chi connectivity index (χ4n) is 3.12. The monoisotopic (exact) mass is 370 g/mol. The van der Waals surface area contributed by atoms with Crippen LogP contribution in [0.15, 0.2) is 30.6 Å². The van der Waals surface area contributed by atoms with Gasteiger partial charge >= 0.3 is 0 Å². The maximum atomic E-state index is 14.5. The number of rotatable bonds is 4. The van der Waals surface area contributed by atoms with E-state index < -0.39 is 11.9 Å². The molecule has 1 aliphatic carbocycles. The van der Waals surface area contributed by atoms with Crippen molar-refractivity contribution < 1.29 is 14.3 Å². The topological polar surface area (TPSA) is 101 Å². The fraction of sp³-hybridized carbons (Fsp3) is 0.350. The second-order valence-electron chi connectivity index (χ2n) is 6.79. The molecule has 142 valence electrons. The summed E-state index contributed by atoms with van der Waals surface area (Å²) in [6.45, 7) is 1.74. The minimum atomic E-state index is -0.532. The van der Waals surface area contributed by atoms with Crippen LogP contribution >= 0.6 is 0 Å². The molecular formula is C20H23FN4O2. The Balaban J connectivity index is 1.80. The minimum absolute atomic E-state index is 0.260. The average Bonchev–Trinajstić information content (AvgIpc) is 2.65. The summed E-state index contributed by atoms with van der Waals surface area (Å²) in [4.78, 5) is 20.6. The summed E-state index contributed by atoms with van der Waals surface area (Å²) < 4.78 is 14.5. The average molecular weight is 370 g/mol. The molecule has 0 saturated heterocycles. The van der Waals surface area contributed by atoms with Gasteiger partial charge < -0.3 is 16.2 Å². The third-order valence-corrected chi connectivity index (χ3v) is 4.78. The highest BCUT2D eigenvalue weighted by atomic mass is 19.1. The first kappa shape index (κ1) is 19.0. The van der Waals surface area contributed by atoms with Crippen molar-refractivity contribution in [3.8, 4) is 0 Å². The Kier molecular flexibility index (Phi) is 5.81. The predicted octanol–water partition coefficient (Wildman–Crippen LogP) is 2.87. The molecule has 1 amide bonds. The second kappa shape index (κ2) is 8.26. The number of nitrogen functional groups attached to an aromatic ring is 1. The summed E-state index contributed by atoms with van der Waals surface area (Å²) in [5.74, 6) is -0.502. The first-order chi connectivity index (χ1) is 12.9. The number of pyridine rings is 2. The van der Waals surface area contributed by atoms with Crippen LogP contribution in [0.2, 0.25) is 0 Å². The van der Waals surface area contributed by atoms with Crippen LogP contribution in [0.3, 0.4) is 0 Å². The molecule has 0 aliphatic heterocycles. The lowest BCUT2D eigenvalue weighted by Crippen LogP contribution is -2.45. The third kappa shape index (κ3) is 4.68. The van der Waals surface area contributed by atoms with E-state index in [1.807, 2.05) is 0 Å². The molecule has 2 aromatic rings. The summed E-state index contributed by atoms with van der Waals surface area (Å²) in [7, 11) is 0. The molecular weight excluding hydrogens is 347 g/mol. The zero-order valence-corrected chi connectivity index (χ0v) is 15.2. The van der Waals surface area contributed by atoms with Gasteiger partial charge in [0.05, 0.1) is 17.7 Å². The Morgan fingerprint density at radius 2 is 2.00 bits per heavy atom. The second-order valence-corrected chi connectivity index (χ2v) is 6.79. The molecule has 1 fully saturated rings. The van der Waals surface area contributed by atoms with Crippen molar-refractivity contribution >= 4 is 23.6 Å². The number of nitrogens with zero attached hydrogens (tertiary/aromatic N) is 2. The van der Waals surface area contributed by atoms with Gasteiger partial charge in [-0.1, -0.05) is 12.8 Å². The van der Waals surface area contributed by atoms with Crippen LogP contribution in [0.5, 0.6) is 0 Å². The number of carbonyl (C=O) groups is 1. The highest BCUT2D eigenvalue weighted by Gasteiger charge is 2.25. The highest BCUT2D eigenvalue weighted by Crippen LogP contribution is 2.22. The number of aliphatic hydroxyl groups excluding tert-OH is 1. The van der Waals surface area contributed by atoms with E-state index in [2.05, 4.69) is 15.3 Å². The quantitative estimate of drug-likeness (QED) is 0.768. The Bertz CT molecular complexity index is 852. The molecule has 2 aromatic heterocycles. The maximum absolute atomic E-state index is 14.5. The van der Waals surface area contributed by atoms with Gasteiger partial charge in [-0.3, -0.25) is 9.78 Å². The van der Waals surface area contributed by atoms with Crippen molar-refractivity contribution in [3.63, 3.8) is 0 Å². The number of aliphatic hydroxyl groups is 1. The number of nitrogens with two attached hydrogens (primary N) is 1. The van der Waals surface area contributed by atoms with Crippen LogP contribution in [0, 0.1) is 6.92 Å². The zero-order valence-electron chi connectivity index (χ0n) is 15.2. The number of anilines is 1. The lowest BCUT2D eigenvalue weighted by molar-refractivity contribution is 0.0717. The molecule has 27 heavy (non-hydrogen) atoms. The van der Waals surface area contributed by atoms with Crippen molar-refractivity contribution in [2.75, 3.05) is 5.73 Å². The summed E-state index contributed by atoms with van der Waals surface area (Å²) in [6.07, 6.45) is 6.98. The number of halogens is 1. The normalized spacial score (nSPS) is 20.3. The standard InChI is InChI=1S/C20H23FN4O2/c1-12-14(9-16(21)13-6-7-19(22)24-10-13)8-15(11-23-12)20(27)25-17-4-2-3-5-18(17)26/h6-11,17-18,26H,2-5H2,1H3,(H2,22,24)(H,25,27)/b16-9-/t17-,18-/m0/s1. The molecule has 0 unspecified atom stereocenters. The molecule has 6 nitrogen and oxygen atoms in total. The molecule has 2 heterocycles. The lowest BCUT2D eigenvalue weighted by Gasteiger charge is -2.28.